The minimum atomic E-state index is -0.263. The van der Waals surface area contributed by atoms with Gasteiger partial charge < -0.3 is 4.74 Å². The molecule has 0 N–H and O–H groups in total. The number of aryl methyl sites for hydroxylation is 1. The molecule has 0 aliphatic carbocycles. The van der Waals surface area contributed by atoms with Crippen LogP contribution in [0, 0.1) is 5.82 Å². The number of benzene rings is 1. The van der Waals surface area contributed by atoms with Crippen molar-refractivity contribution in [2.24, 2.45) is 0 Å². The highest BCUT2D eigenvalue weighted by Crippen LogP contribution is 2.19. The molecule has 0 aliphatic heterocycles. The first-order chi connectivity index (χ1) is 7.63. The van der Waals surface area contributed by atoms with Gasteiger partial charge in [0, 0.05) is 10.9 Å². The van der Waals surface area contributed by atoms with Crippen LogP contribution in [0.3, 0.4) is 0 Å². The molecule has 0 aliphatic rings. The van der Waals surface area contributed by atoms with E-state index in [0.717, 1.165) is 16.5 Å². The van der Waals surface area contributed by atoms with Gasteiger partial charge in [0.25, 0.3) is 0 Å². The number of hydrogen-bond donors (Lipinski definition) is 0. The van der Waals surface area contributed by atoms with Gasteiger partial charge >= 0.3 is 5.97 Å². The lowest BCUT2D eigenvalue weighted by molar-refractivity contribution is -0.143. The molecule has 0 aromatic heterocycles. The molecule has 88 valence electrons. The normalized spacial score (nSPS) is 10.2. The predicted octanol–water partition coefficient (Wildman–Crippen LogP) is 3.47. The second-order valence-electron chi connectivity index (χ2n) is 3.39. The molecule has 2 nitrogen and oxygen atoms in total. The van der Waals surface area contributed by atoms with E-state index >= 15 is 0 Å². The number of ether oxygens (including phenoxy) is 1. The van der Waals surface area contributed by atoms with Crippen molar-refractivity contribution in [2.75, 3.05) is 6.61 Å². The van der Waals surface area contributed by atoms with E-state index in [0.29, 0.717) is 19.4 Å². The molecule has 0 unspecified atom stereocenters. The molecule has 0 radical (unpaired) electrons. The molecule has 4 heteroatoms. The maximum atomic E-state index is 12.8. The molecule has 0 atom stereocenters. The summed E-state index contributed by atoms with van der Waals surface area (Å²) in [4.78, 5) is 11.1. The fourth-order valence-corrected chi connectivity index (χ4v) is 1.93. The Morgan fingerprint density at radius 2 is 2.25 bits per heavy atom. The lowest BCUT2D eigenvalue weighted by atomic mass is 10.1. The Morgan fingerprint density at radius 3 is 2.88 bits per heavy atom. The molecule has 0 heterocycles. The van der Waals surface area contributed by atoms with Crippen molar-refractivity contribution < 1.29 is 13.9 Å². The molecule has 0 saturated carbocycles. The molecule has 0 fully saturated rings. The molecule has 1 aromatic carbocycles. The van der Waals surface area contributed by atoms with E-state index in [1.807, 2.05) is 0 Å². The van der Waals surface area contributed by atoms with Crippen molar-refractivity contribution >= 4 is 21.9 Å². The van der Waals surface area contributed by atoms with Crippen molar-refractivity contribution in [3.05, 3.63) is 34.1 Å². The van der Waals surface area contributed by atoms with Crippen LogP contribution in [0.25, 0.3) is 0 Å². The van der Waals surface area contributed by atoms with Crippen LogP contribution < -0.4 is 0 Å². The van der Waals surface area contributed by atoms with Crippen LogP contribution in [0.15, 0.2) is 22.7 Å². The topological polar surface area (TPSA) is 26.3 Å². The number of carbonyl (C=O) groups excluding carboxylic acids is 1. The van der Waals surface area contributed by atoms with Crippen LogP contribution in [0.2, 0.25) is 0 Å². The summed E-state index contributed by atoms with van der Waals surface area (Å²) in [6.07, 6.45) is 1.85. The number of halogens is 2. The van der Waals surface area contributed by atoms with Crippen molar-refractivity contribution in [2.45, 2.75) is 26.2 Å². The molecule has 0 amide bonds. The van der Waals surface area contributed by atoms with E-state index in [2.05, 4.69) is 15.9 Å². The average Bonchev–Trinajstić information content (AvgIpc) is 2.22. The van der Waals surface area contributed by atoms with Crippen molar-refractivity contribution in [1.82, 2.24) is 0 Å². The van der Waals surface area contributed by atoms with E-state index < -0.39 is 0 Å². The Balaban J connectivity index is 2.40. The molecule has 0 spiro atoms. The first-order valence-corrected chi connectivity index (χ1v) is 6.02. The molecule has 16 heavy (non-hydrogen) atoms. The van der Waals surface area contributed by atoms with Gasteiger partial charge in [-0.05, 0) is 37.5 Å². The summed E-state index contributed by atoms with van der Waals surface area (Å²) in [5.41, 5.74) is 1.01. The molecular formula is C12H14BrFO2. The van der Waals surface area contributed by atoms with Gasteiger partial charge in [0.15, 0.2) is 0 Å². The highest BCUT2D eigenvalue weighted by Gasteiger charge is 2.04. The van der Waals surface area contributed by atoms with Gasteiger partial charge in [-0.15, -0.1) is 0 Å². The third kappa shape index (κ3) is 4.31. The first kappa shape index (κ1) is 13.2. The minimum Gasteiger partial charge on any atom is -0.466 e. The quantitative estimate of drug-likeness (QED) is 0.776. The van der Waals surface area contributed by atoms with Crippen LogP contribution in [0.5, 0.6) is 0 Å². The van der Waals surface area contributed by atoms with E-state index in [-0.39, 0.29) is 11.8 Å². The standard InChI is InChI=1S/C12H14BrFO2/c1-2-16-12(15)5-3-4-9-6-7-10(14)8-11(9)13/h6-8H,2-5H2,1H3. The van der Waals surface area contributed by atoms with Gasteiger partial charge in [0.2, 0.25) is 0 Å². The van der Waals surface area contributed by atoms with Gasteiger partial charge in [0.05, 0.1) is 6.61 Å². The molecule has 1 aromatic rings. The molecular weight excluding hydrogens is 275 g/mol. The van der Waals surface area contributed by atoms with Gasteiger partial charge in [-0.3, -0.25) is 4.79 Å². The van der Waals surface area contributed by atoms with E-state index in [1.165, 1.54) is 12.1 Å². The summed E-state index contributed by atoms with van der Waals surface area (Å²) in [5, 5.41) is 0. The Bertz CT molecular complexity index is 366. The summed E-state index contributed by atoms with van der Waals surface area (Å²) in [5.74, 6) is -0.443. The SMILES string of the molecule is CCOC(=O)CCCc1ccc(F)cc1Br. The Morgan fingerprint density at radius 1 is 1.50 bits per heavy atom. The zero-order valence-electron chi connectivity index (χ0n) is 9.13. The number of esters is 1. The average molecular weight is 289 g/mol. The van der Waals surface area contributed by atoms with Gasteiger partial charge in [0.1, 0.15) is 5.82 Å². The fraction of sp³-hybridized carbons (Fsp3) is 0.417. The fourth-order valence-electron chi connectivity index (χ4n) is 1.38. The van der Waals surface area contributed by atoms with Crippen LogP contribution >= 0.6 is 15.9 Å². The summed E-state index contributed by atoms with van der Waals surface area (Å²) >= 11 is 3.29. The number of hydrogen-bond acceptors (Lipinski definition) is 2. The van der Waals surface area contributed by atoms with Crippen LogP contribution in [-0.2, 0) is 16.0 Å². The summed E-state index contributed by atoms with van der Waals surface area (Å²) in [6, 6.07) is 4.58. The Labute approximate surface area is 103 Å². The monoisotopic (exact) mass is 288 g/mol. The number of rotatable bonds is 5. The van der Waals surface area contributed by atoms with E-state index in [1.54, 1.807) is 13.0 Å². The van der Waals surface area contributed by atoms with Crippen LogP contribution in [-0.4, -0.2) is 12.6 Å². The lowest BCUT2D eigenvalue weighted by Gasteiger charge is -2.04. The third-order valence-corrected chi connectivity index (χ3v) is 2.89. The smallest absolute Gasteiger partial charge is 0.305 e. The van der Waals surface area contributed by atoms with Crippen LogP contribution in [0.1, 0.15) is 25.3 Å². The summed E-state index contributed by atoms with van der Waals surface area (Å²) in [6.45, 7) is 2.20. The molecule has 1 rings (SSSR count). The zero-order valence-corrected chi connectivity index (χ0v) is 10.7. The largest absolute Gasteiger partial charge is 0.466 e. The second kappa shape index (κ2) is 6.63. The number of carbonyl (C=O) groups is 1. The molecule has 0 saturated heterocycles. The van der Waals surface area contributed by atoms with Crippen molar-refractivity contribution in [3.8, 4) is 0 Å². The predicted molar refractivity (Wildman–Crippen MR) is 63.7 cm³/mol. The van der Waals surface area contributed by atoms with Gasteiger partial charge in [-0.1, -0.05) is 22.0 Å². The second-order valence-corrected chi connectivity index (χ2v) is 4.25. The van der Waals surface area contributed by atoms with Crippen LogP contribution in [0.4, 0.5) is 4.39 Å². The van der Waals surface area contributed by atoms with Crippen molar-refractivity contribution in [1.29, 1.82) is 0 Å². The minimum absolute atomic E-state index is 0.180. The van der Waals surface area contributed by atoms with E-state index in [9.17, 15) is 9.18 Å². The van der Waals surface area contributed by atoms with Gasteiger partial charge in [-0.25, -0.2) is 4.39 Å². The lowest BCUT2D eigenvalue weighted by Crippen LogP contribution is -2.04. The zero-order chi connectivity index (χ0) is 12.0. The van der Waals surface area contributed by atoms with E-state index in [4.69, 9.17) is 4.74 Å². The maximum absolute atomic E-state index is 12.8. The third-order valence-electron chi connectivity index (χ3n) is 2.15. The highest BCUT2D eigenvalue weighted by atomic mass is 79.9. The maximum Gasteiger partial charge on any atom is 0.305 e. The summed E-state index contributed by atoms with van der Waals surface area (Å²) in [7, 11) is 0. The highest BCUT2D eigenvalue weighted by molar-refractivity contribution is 9.10. The van der Waals surface area contributed by atoms with Gasteiger partial charge in [-0.2, -0.15) is 0 Å². The summed E-state index contributed by atoms with van der Waals surface area (Å²) < 4.78 is 18.4. The van der Waals surface area contributed by atoms with Crippen molar-refractivity contribution in [3.63, 3.8) is 0 Å². The Kier molecular flexibility index (Phi) is 5.46. The molecule has 0 bridgehead atoms. The Hall–Kier alpha value is -0.900. The first-order valence-electron chi connectivity index (χ1n) is 5.23.